The SMILES string of the molecule is CNc1nc(C(=O)OCc2ccc(C(N)=O)cc2[N+](=O)[O-])cs1. The van der Waals surface area contributed by atoms with Crippen molar-refractivity contribution in [3.05, 3.63) is 50.5 Å². The van der Waals surface area contributed by atoms with E-state index in [0.29, 0.717) is 5.13 Å². The molecule has 0 aliphatic heterocycles. The highest BCUT2D eigenvalue weighted by molar-refractivity contribution is 7.13. The molecule has 2 aromatic rings. The van der Waals surface area contributed by atoms with Crippen molar-refractivity contribution in [3.8, 4) is 0 Å². The average molecular weight is 336 g/mol. The highest BCUT2D eigenvalue weighted by Gasteiger charge is 2.19. The normalized spacial score (nSPS) is 10.1. The fourth-order valence-electron chi connectivity index (χ4n) is 1.71. The van der Waals surface area contributed by atoms with Crippen molar-refractivity contribution in [2.45, 2.75) is 6.61 Å². The van der Waals surface area contributed by atoms with Crippen LogP contribution in [0.25, 0.3) is 0 Å². The number of ether oxygens (including phenoxy) is 1. The van der Waals surface area contributed by atoms with Crippen LogP contribution >= 0.6 is 11.3 Å². The van der Waals surface area contributed by atoms with E-state index in [1.54, 1.807) is 7.05 Å². The summed E-state index contributed by atoms with van der Waals surface area (Å²) in [6.45, 7) is -0.319. The van der Waals surface area contributed by atoms with E-state index in [2.05, 4.69) is 10.3 Å². The monoisotopic (exact) mass is 336 g/mol. The van der Waals surface area contributed by atoms with Crippen LogP contribution in [0, 0.1) is 10.1 Å². The Kier molecular flexibility index (Phi) is 4.86. The number of anilines is 1. The van der Waals surface area contributed by atoms with Gasteiger partial charge in [0.2, 0.25) is 5.91 Å². The van der Waals surface area contributed by atoms with Crippen LogP contribution < -0.4 is 11.1 Å². The second-order valence-corrected chi connectivity index (χ2v) is 5.19. The zero-order valence-corrected chi connectivity index (χ0v) is 12.8. The molecular formula is C13H12N4O5S. The van der Waals surface area contributed by atoms with Gasteiger partial charge in [0.05, 0.1) is 10.5 Å². The Balaban J connectivity index is 2.14. The smallest absolute Gasteiger partial charge is 0.358 e. The van der Waals surface area contributed by atoms with Crippen LogP contribution in [0.3, 0.4) is 0 Å². The van der Waals surface area contributed by atoms with Crippen molar-refractivity contribution in [1.82, 2.24) is 4.98 Å². The van der Waals surface area contributed by atoms with Gasteiger partial charge in [-0.15, -0.1) is 11.3 Å². The molecule has 0 radical (unpaired) electrons. The van der Waals surface area contributed by atoms with Crippen LogP contribution in [0.15, 0.2) is 23.6 Å². The molecule has 0 saturated carbocycles. The highest BCUT2D eigenvalue weighted by Crippen LogP contribution is 2.22. The highest BCUT2D eigenvalue weighted by atomic mass is 32.1. The lowest BCUT2D eigenvalue weighted by Gasteiger charge is -2.05. The summed E-state index contributed by atoms with van der Waals surface area (Å²) < 4.78 is 5.02. The fourth-order valence-corrected chi connectivity index (χ4v) is 2.35. The molecule has 2 rings (SSSR count). The summed E-state index contributed by atoms with van der Waals surface area (Å²) in [5, 5.41) is 15.9. The van der Waals surface area contributed by atoms with Gasteiger partial charge >= 0.3 is 5.97 Å². The molecule has 23 heavy (non-hydrogen) atoms. The first kappa shape index (κ1) is 16.4. The number of nitrogens with zero attached hydrogens (tertiary/aromatic N) is 2. The zero-order chi connectivity index (χ0) is 17.0. The number of benzene rings is 1. The molecule has 0 saturated heterocycles. The van der Waals surface area contributed by atoms with E-state index in [9.17, 15) is 19.7 Å². The molecule has 10 heteroatoms. The molecule has 3 N–H and O–H groups in total. The number of nitro groups is 1. The molecule has 1 aromatic heterocycles. The van der Waals surface area contributed by atoms with Gasteiger partial charge in [-0.1, -0.05) is 0 Å². The van der Waals surface area contributed by atoms with Gasteiger partial charge in [-0.2, -0.15) is 0 Å². The van der Waals surface area contributed by atoms with Crippen LogP contribution in [-0.4, -0.2) is 28.8 Å². The second kappa shape index (κ2) is 6.83. The first-order chi connectivity index (χ1) is 10.9. The number of hydrogen-bond donors (Lipinski definition) is 2. The van der Waals surface area contributed by atoms with Gasteiger partial charge in [-0.3, -0.25) is 14.9 Å². The summed E-state index contributed by atoms with van der Waals surface area (Å²) in [6, 6.07) is 3.71. The fraction of sp³-hybridized carbons (Fsp3) is 0.154. The number of hydrogen-bond acceptors (Lipinski definition) is 8. The first-order valence-electron chi connectivity index (χ1n) is 6.30. The number of nitro benzene ring substituents is 1. The van der Waals surface area contributed by atoms with E-state index < -0.39 is 16.8 Å². The third-order valence-electron chi connectivity index (χ3n) is 2.85. The molecule has 0 atom stereocenters. The Morgan fingerprint density at radius 1 is 1.48 bits per heavy atom. The molecule has 0 unspecified atom stereocenters. The summed E-state index contributed by atoms with van der Waals surface area (Å²) in [5.74, 6) is -1.48. The summed E-state index contributed by atoms with van der Waals surface area (Å²) in [5.41, 5.74) is 5.00. The van der Waals surface area contributed by atoms with E-state index >= 15 is 0 Å². The Morgan fingerprint density at radius 3 is 2.78 bits per heavy atom. The number of primary amides is 1. The van der Waals surface area contributed by atoms with Gasteiger partial charge in [0.1, 0.15) is 6.61 Å². The van der Waals surface area contributed by atoms with Crippen molar-refractivity contribution in [3.63, 3.8) is 0 Å². The first-order valence-corrected chi connectivity index (χ1v) is 7.18. The lowest BCUT2D eigenvalue weighted by atomic mass is 10.1. The maximum atomic E-state index is 11.9. The maximum Gasteiger partial charge on any atom is 0.358 e. The predicted molar refractivity (Wildman–Crippen MR) is 82.4 cm³/mol. The van der Waals surface area contributed by atoms with Gasteiger partial charge in [0.15, 0.2) is 10.8 Å². The maximum absolute atomic E-state index is 11.9. The number of rotatable bonds is 6. The van der Waals surface area contributed by atoms with Crippen molar-refractivity contribution >= 4 is 34.0 Å². The van der Waals surface area contributed by atoms with E-state index in [1.807, 2.05) is 0 Å². The number of thiazole rings is 1. The molecule has 0 aliphatic rings. The molecule has 9 nitrogen and oxygen atoms in total. The van der Waals surface area contributed by atoms with Crippen molar-refractivity contribution < 1.29 is 19.2 Å². The van der Waals surface area contributed by atoms with Crippen LogP contribution in [0.2, 0.25) is 0 Å². The quantitative estimate of drug-likeness (QED) is 0.463. The molecular weight excluding hydrogens is 324 g/mol. The summed E-state index contributed by atoms with van der Waals surface area (Å²) in [7, 11) is 1.66. The Labute approximate surface area is 134 Å². The van der Waals surface area contributed by atoms with E-state index in [1.165, 1.54) is 28.8 Å². The van der Waals surface area contributed by atoms with Gasteiger partial charge in [-0.25, -0.2) is 9.78 Å². The van der Waals surface area contributed by atoms with Crippen molar-refractivity contribution in [1.29, 1.82) is 0 Å². The molecule has 0 bridgehead atoms. The number of carbonyl (C=O) groups is 2. The average Bonchev–Trinajstić information content (AvgIpc) is 3.01. The zero-order valence-electron chi connectivity index (χ0n) is 11.9. The molecule has 120 valence electrons. The number of nitrogens with one attached hydrogen (secondary N) is 1. The van der Waals surface area contributed by atoms with Crippen molar-refractivity contribution in [2.75, 3.05) is 12.4 Å². The molecule has 0 fully saturated rings. The van der Waals surface area contributed by atoms with Crippen LogP contribution in [0.1, 0.15) is 26.4 Å². The molecule has 0 aliphatic carbocycles. The number of carbonyl (C=O) groups excluding carboxylic acids is 2. The van der Waals surface area contributed by atoms with Gasteiger partial charge in [-0.05, 0) is 12.1 Å². The molecule has 1 amide bonds. The van der Waals surface area contributed by atoms with Gasteiger partial charge in [0.25, 0.3) is 5.69 Å². The Morgan fingerprint density at radius 2 is 2.22 bits per heavy atom. The summed E-state index contributed by atoms with van der Waals surface area (Å²) in [4.78, 5) is 37.3. The Hall–Kier alpha value is -3.01. The summed E-state index contributed by atoms with van der Waals surface area (Å²) >= 11 is 1.23. The van der Waals surface area contributed by atoms with E-state index in [0.717, 1.165) is 6.07 Å². The number of aromatic nitrogens is 1. The summed E-state index contributed by atoms with van der Waals surface area (Å²) in [6.07, 6.45) is 0. The van der Waals surface area contributed by atoms with E-state index in [4.69, 9.17) is 10.5 Å². The number of nitrogens with two attached hydrogens (primary N) is 1. The Bertz CT molecular complexity index is 773. The molecule has 1 aromatic carbocycles. The van der Waals surface area contributed by atoms with Gasteiger partial charge < -0.3 is 15.8 Å². The van der Waals surface area contributed by atoms with E-state index in [-0.39, 0.29) is 29.1 Å². The number of amides is 1. The van der Waals surface area contributed by atoms with Crippen LogP contribution in [0.5, 0.6) is 0 Å². The lowest BCUT2D eigenvalue weighted by Crippen LogP contribution is -2.12. The third kappa shape index (κ3) is 3.80. The topological polar surface area (TPSA) is 137 Å². The predicted octanol–water partition coefficient (Wildman–Crippen LogP) is 1.55. The second-order valence-electron chi connectivity index (χ2n) is 4.33. The molecule has 0 spiro atoms. The van der Waals surface area contributed by atoms with Gasteiger partial charge in [0, 0.05) is 24.1 Å². The minimum Gasteiger partial charge on any atom is -0.456 e. The number of esters is 1. The van der Waals surface area contributed by atoms with Crippen molar-refractivity contribution in [2.24, 2.45) is 5.73 Å². The third-order valence-corrected chi connectivity index (χ3v) is 3.71. The molecule has 1 heterocycles. The minimum absolute atomic E-state index is 0.00457. The minimum atomic E-state index is -0.779. The standard InChI is InChI=1S/C13H12N4O5S/c1-15-13-16-9(6-23-13)12(19)22-5-8-3-2-7(11(14)18)4-10(8)17(20)21/h2-4,6H,5H2,1H3,(H2,14,18)(H,15,16). The lowest BCUT2D eigenvalue weighted by molar-refractivity contribution is -0.385. The van der Waals surface area contributed by atoms with Crippen LogP contribution in [0.4, 0.5) is 10.8 Å². The largest absolute Gasteiger partial charge is 0.456 e. The van der Waals surface area contributed by atoms with Crippen LogP contribution in [-0.2, 0) is 11.3 Å².